The molecule has 9 aromatic carbocycles. The van der Waals surface area contributed by atoms with Gasteiger partial charge in [0, 0.05) is 42.8 Å². The molecule has 0 bridgehead atoms. The lowest BCUT2D eigenvalue weighted by Crippen LogP contribution is -2.28. The molecule has 1 aliphatic rings. The third-order valence-corrected chi connectivity index (χ3v) is 13.0. The summed E-state index contributed by atoms with van der Waals surface area (Å²) in [7, 11) is 0. The molecule has 0 atom stereocenters. The van der Waals surface area contributed by atoms with Gasteiger partial charge < -0.3 is 4.90 Å². The Morgan fingerprint density at radius 3 is 1.60 bits per heavy atom. The van der Waals surface area contributed by atoms with Gasteiger partial charge in [0.25, 0.3) is 0 Å². The summed E-state index contributed by atoms with van der Waals surface area (Å²) in [6.07, 6.45) is 0. The minimum absolute atomic E-state index is 0.414. The van der Waals surface area contributed by atoms with Crippen molar-refractivity contribution in [2.24, 2.45) is 0 Å². The second kappa shape index (κ2) is 13.6. The van der Waals surface area contributed by atoms with Gasteiger partial charge in [-0.3, -0.25) is 0 Å². The number of para-hydroxylation sites is 1. The Morgan fingerprint density at radius 1 is 0.333 bits per heavy atom. The highest BCUT2D eigenvalue weighted by Gasteiger charge is 2.46. The van der Waals surface area contributed by atoms with Crippen LogP contribution in [0.4, 0.5) is 17.1 Å². The molecule has 0 aliphatic heterocycles. The average molecular weight is 744 g/mol. The summed E-state index contributed by atoms with van der Waals surface area (Å²) in [4.78, 5) is 2.35. The minimum Gasteiger partial charge on any atom is -0.310 e. The monoisotopic (exact) mass is 743 g/mol. The summed E-state index contributed by atoms with van der Waals surface area (Å²) in [6.45, 7) is 0. The molecular weight excluding hydrogens is 707 g/mol. The first kappa shape index (κ1) is 33.3. The molecule has 268 valence electrons. The highest BCUT2D eigenvalue weighted by atomic mass is 32.1. The molecule has 1 heterocycles. The van der Waals surface area contributed by atoms with E-state index in [1.54, 1.807) is 0 Å². The van der Waals surface area contributed by atoms with Crippen LogP contribution < -0.4 is 4.90 Å². The van der Waals surface area contributed by atoms with Crippen LogP contribution in [-0.4, -0.2) is 0 Å². The van der Waals surface area contributed by atoms with E-state index in [9.17, 15) is 0 Å². The van der Waals surface area contributed by atoms with Gasteiger partial charge in [-0.1, -0.05) is 188 Å². The summed E-state index contributed by atoms with van der Waals surface area (Å²) in [6, 6.07) is 82.1. The quantitative estimate of drug-likeness (QED) is 0.157. The van der Waals surface area contributed by atoms with Crippen molar-refractivity contribution in [1.82, 2.24) is 0 Å². The fraction of sp³-hybridized carbons (Fsp3) is 0.0182. The van der Waals surface area contributed by atoms with Gasteiger partial charge in [-0.05, 0) is 86.5 Å². The SMILES string of the molecule is c1ccc(-c2cccc(N(c3ccccc3)c3ccc(-c4cccc5c4sc4c6c(ccc45)C(c4ccccc4)(c4ccccc4)c4ccccc4-6)cc3)c2)cc1. The zero-order valence-electron chi connectivity index (χ0n) is 31.2. The van der Waals surface area contributed by atoms with Crippen molar-refractivity contribution in [2.45, 2.75) is 5.41 Å². The first-order chi connectivity index (χ1) is 28.3. The Morgan fingerprint density at radius 2 is 0.877 bits per heavy atom. The van der Waals surface area contributed by atoms with E-state index >= 15 is 0 Å². The van der Waals surface area contributed by atoms with E-state index in [-0.39, 0.29) is 0 Å². The average Bonchev–Trinajstić information content (AvgIpc) is 3.82. The molecule has 0 saturated carbocycles. The standard InChI is InChI=1S/C55H37NS/c1-5-17-38(18-6-1)40-19-15-26-45(37-40)56(43-24-11-4-12-25-43)44-33-31-39(32-34-44)46-28-16-29-47-48-35-36-51-52(54(48)57-53(46)47)49-27-13-14-30-50(49)55(51,41-20-7-2-8-21-41)42-22-9-3-10-23-42/h1-37H. The maximum atomic E-state index is 2.41. The van der Waals surface area contributed by atoms with Crippen LogP contribution in [0.1, 0.15) is 22.3 Å². The second-order valence-electron chi connectivity index (χ2n) is 14.8. The predicted octanol–water partition coefficient (Wildman–Crippen LogP) is 15.2. The van der Waals surface area contributed by atoms with Crippen LogP contribution in [0, 0.1) is 0 Å². The van der Waals surface area contributed by atoms with Crippen LogP contribution in [0.2, 0.25) is 0 Å². The molecule has 0 amide bonds. The summed E-state index contributed by atoms with van der Waals surface area (Å²) in [5.41, 5.74) is 15.8. The fourth-order valence-corrected chi connectivity index (χ4v) is 10.7. The molecule has 0 unspecified atom stereocenters. The lowest BCUT2D eigenvalue weighted by molar-refractivity contribution is 0.769. The van der Waals surface area contributed by atoms with Crippen LogP contribution >= 0.6 is 11.3 Å². The van der Waals surface area contributed by atoms with E-state index < -0.39 is 5.41 Å². The number of thiophene rings is 1. The molecule has 11 rings (SSSR count). The van der Waals surface area contributed by atoms with E-state index in [1.807, 2.05) is 11.3 Å². The molecular formula is C55H37NS. The van der Waals surface area contributed by atoms with Crippen LogP contribution in [0.15, 0.2) is 224 Å². The number of hydrogen-bond donors (Lipinski definition) is 0. The number of rotatable bonds is 7. The van der Waals surface area contributed by atoms with E-state index in [0.717, 1.165) is 17.1 Å². The Labute approximate surface area is 337 Å². The molecule has 2 heteroatoms. The maximum absolute atomic E-state index is 2.41. The topological polar surface area (TPSA) is 3.24 Å². The number of anilines is 3. The predicted molar refractivity (Wildman–Crippen MR) is 242 cm³/mol. The Balaban J connectivity index is 1.06. The minimum atomic E-state index is -0.414. The van der Waals surface area contributed by atoms with Crippen LogP contribution in [0.5, 0.6) is 0 Å². The largest absolute Gasteiger partial charge is 0.310 e. The zero-order valence-corrected chi connectivity index (χ0v) is 32.0. The van der Waals surface area contributed by atoms with Crippen LogP contribution in [-0.2, 0) is 5.41 Å². The van der Waals surface area contributed by atoms with E-state index in [0.29, 0.717) is 0 Å². The smallest absolute Gasteiger partial charge is 0.0714 e. The van der Waals surface area contributed by atoms with Gasteiger partial charge in [0.2, 0.25) is 0 Å². The normalized spacial score (nSPS) is 12.7. The maximum Gasteiger partial charge on any atom is 0.0714 e. The van der Waals surface area contributed by atoms with Gasteiger partial charge in [0.05, 0.1) is 5.41 Å². The van der Waals surface area contributed by atoms with Gasteiger partial charge in [0.15, 0.2) is 0 Å². The molecule has 0 saturated heterocycles. The summed E-state index contributed by atoms with van der Waals surface area (Å²) >= 11 is 1.94. The van der Waals surface area contributed by atoms with Crippen molar-refractivity contribution in [2.75, 3.05) is 4.90 Å². The third-order valence-electron chi connectivity index (χ3n) is 11.7. The summed E-state index contributed by atoms with van der Waals surface area (Å²) < 4.78 is 2.67. The van der Waals surface area contributed by atoms with E-state index in [1.165, 1.54) is 75.8 Å². The Bertz CT molecular complexity index is 3000. The van der Waals surface area contributed by atoms with Gasteiger partial charge in [0.1, 0.15) is 0 Å². The Hall–Kier alpha value is -7.00. The highest BCUT2D eigenvalue weighted by molar-refractivity contribution is 7.27. The molecule has 0 spiro atoms. The highest BCUT2D eigenvalue weighted by Crippen LogP contribution is 2.59. The molecule has 1 aliphatic carbocycles. The lowest BCUT2D eigenvalue weighted by Gasteiger charge is -2.33. The number of fused-ring (bicyclic) bond motifs is 7. The lowest BCUT2D eigenvalue weighted by atomic mass is 9.68. The van der Waals surface area contributed by atoms with Gasteiger partial charge in [-0.25, -0.2) is 0 Å². The Kier molecular flexibility index (Phi) is 7.98. The zero-order chi connectivity index (χ0) is 37.8. The number of hydrogen-bond acceptors (Lipinski definition) is 2. The molecule has 0 N–H and O–H groups in total. The summed E-state index contributed by atoms with van der Waals surface area (Å²) in [5.74, 6) is 0. The van der Waals surface area contributed by atoms with Crippen molar-refractivity contribution >= 4 is 48.6 Å². The van der Waals surface area contributed by atoms with Gasteiger partial charge in [-0.2, -0.15) is 0 Å². The van der Waals surface area contributed by atoms with Crippen LogP contribution in [0.25, 0.3) is 53.6 Å². The van der Waals surface area contributed by atoms with Gasteiger partial charge >= 0.3 is 0 Å². The van der Waals surface area contributed by atoms with Crippen molar-refractivity contribution in [3.63, 3.8) is 0 Å². The molecule has 0 fully saturated rings. The van der Waals surface area contributed by atoms with Crippen molar-refractivity contribution in [1.29, 1.82) is 0 Å². The van der Waals surface area contributed by atoms with Crippen molar-refractivity contribution in [3.05, 3.63) is 247 Å². The fourth-order valence-electron chi connectivity index (χ4n) is 9.28. The number of nitrogens with zero attached hydrogens (tertiary/aromatic N) is 1. The molecule has 1 aromatic heterocycles. The van der Waals surface area contributed by atoms with Crippen molar-refractivity contribution in [3.8, 4) is 33.4 Å². The van der Waals surface area contributed by atoms with E-state index in [4.69, 9.17) is 0 Å². The van der Waals surface area contributed by atoms with Crippen molar-refractivity contribution < 1.29 is 0 Å². The second-order valence-corrected chi connectivity index (χ2v) is 15.8. The number of benzene rings is 9. The molecule has 0 radical (unpaired) electrons. The molecule has 10 aromatic rings. The molecule has 57 heavy (non-hydrogen) atoms. The first-order valence-corrected chi connectivity index (χ1v) is 20.4. The van der Waals surface area contributed by atoms with Gasteiger partial charge in [-0.15, -0.1) is 11.3 Å². The first-order valence-electron chi connectivity index (χ1n) is 19.6. The van der Waals surface area contributed by atoms with Crippen LogP contribution in [0.3, 0.4) is 0 Å². The summed E-state index contributed by atoms with van der Waals surface area (Å²) in [5, 5.41) is 2.62. The van der Waals surface area contributed by atoms with E-state index in [2.05, 4.69) is 229 Å². The molecule has 1 nitrogen and oxygen atoms in total. The third kappa shape index (κ3) is 5.29.